The first kappa shape index (κ1) is 20.2. The first-order valence-corrected chi connectivity index (χ1v) is 10.1. The SMILES string of the molecule is CN=C(NCCNC(=O)c1ccccc1Cl)NCC1(c2ccccc2)CCC1. The molecule has 1 amide bonds. The largest absolute Gasteiger partial charge is 0.356 e. The molecule has 3 rings (SSSR count). The average molecular weight is 399 g/mol. The molecule has 28 heavy (non-hydrogen) atoms. The summed E-state index contributed by atoms with van der Waals surface area (Å²) in [5.74, 6) is 0.571. The minimum Gasteiger partial charge on any atom is -0.356 e. The van der Waals surface area contributed by atoms with Gasteiger partial charge < -0.3 is 16.0 Å². The molecule has 2 aromatic rings. The quantitative estimate of drug-likeness (QED) is 0.380. The number of amides is 1. The number of nitrogens with zero attached hydrogens (tertiary/aromatic N) is 1. The Morgan fingerprint density at radius 1 is 1.00 bits per heavy atom. The lowest BCUT2D eigenvalue weighted by Gasteiger charge is -2.43. The molecule has 0 bridgehead atoms. The van der Waals surface area contributed by atoms with Crippen LogP contribution in [0.4, 0.5) is 0 Å². The van der Waals surface area contributed by atoms with Gasteiger partial charge >= 0.3 is 0 Å². The van der Waals surface area contributed by atoms with E-state index in [1.807, 2.05) is 0 Å². The van der Waals surface area contributed by atoms with Crippen molar-refractivity contribution in [1.29, 1.82) is 0 Å². The summed E-state index contributed by atoms with van der Waals surface area (Å²) >= 11 is 6.05. The lowest BCUT2D eigenvalue weighted by molar-refractivity contribution is 0.0954. The fraction of sp³-hybridized carbons (Fsp3) is 0.364. The fourth-order valence-electron chi connectivity index (χ4n) is 3.53. The number of hydrogen-bond donors (Lipinski definition) is 3. The molecule has 0 aromatic heterocycles. The van der Waals surface area contributed by atoms with E-state index in [9.17, 15) is 4.79 Å². The van der Waals surface area contributed by atoms with E-state index in [2.05, 4.69) is 51.3 Å². The third kappa shape index (κ3) is 4.84. The van der Waals surface area contributed by atoms with Crippen molar-refractivity contribution >= 4 is 23.5 Å². The standard InChI is InChI=1S/C22H27ClN4O/c1-24-21(26-15-14-25-20(28)18-10-5-6-11-19(18)23)27-16-22(12-7-13-22)17-8-3-2-4-9-17/h2-6,8-11H,7,12-16H2,1H3,(H,25,28)(H2,24,26,27). The van der Waals surface area contributed by atoms with Crippen LogP contribution in [0.25, 0.3) is 0 Å². The highest BCUT2D eigenvalue weighted by Gasteiger charge is 2.38. The summed E-state index contributed by atoms with van der Waals surface area (Å²) in [5, 5.41) is 10.0. The van der Waals surface area contributed by atoms with Crippen LogP contribution < -0.4 is 16.0 Å². The third-order valence-electron chi connectivity index (χ3n) is 5.34. The van der Waals surface area contributed by atoms with Crippen LogP contribution in [0.5, 0.6) is 0 Å². The average Bonchev–Trinajstić information content (AvgIpc) is 2.69. The highest BCUT2D eigenvalue weighted by molar-refractivity contribution is 6.33. The van der Waals surface area contributed by atoms with Crippen molar-refractivity contribution in [2.75, 3.05) is 26.7 Å². The van der Waals surface area contributed by atoms with Crippen LogP contribution in [0, 0.1) is 0 Å². The Morgan fingerprint density at radius 3 is 2.32 bits per heavy atom. The zero-order valence-corrected chi connectivity index (χ0v) is 16.9. The van der Waals surface area contributed by atoms with Gasteiger partial charge in [0.1, 0.15) is 0 Å². The molecule has 1 aliphatic carbocycles. The maximum Gasteiger partial charge on any atom is 0.252 e. The minimum atomic E-state index is -0.173. The molecular formula is C22H27ClN4O. The molecule has 0 heterocycles. The number of rotatable bonds is 7. The zero-order valence-electron chi connectivity index (χ0n) is 16.2. The predicted molar refractivity (Wildman–Crippen MR) is 115 cm³/mol. The number of aliphatic imine (C=N–C) groups is 1. The molecule has 1 fully saturated rings. The summed E-state index contributed by atoms with van der Waals surface area (Å²) in [5.41, 5.74) is 2.06. The second-order valence-electron chi connectivity index (χ2n) is 7.09. The maximum absolute atomic E-state index is 12.2. The number of carbonyl (C=O) groups is 1. The van der Waals surface area contributed by atoms with Crippen LogP contribution in [-0.2, 0) is 5.41 Å². The van der Waals surface area contributed by atoms with Gasteiger partial charge in [0.05, 0.1) is 10.6 Å². The van der Waals surface area contributed by atoms with Crippen LogP contribution in [0.15, 0.2) is 59.6 Å². The monoisotopic (exact) mass is 398 g/mol. The third-order valence-corrected chi connectivity index (χ3v) is 5.67. The molecular weight excluding hydrogens is 372 g/mol. The molecule has 0 spiro atoms. The van der Waals surface area contributed by atoms with Crippen LogP contribution >= 0.6 is 11.6 Å². The molecule has 0 aliphatic heterocycles. The van der Waals surface area contributed by atoms with E-state index in [1.165, 1.54) is 24.8 Å². The van der Waals surface area contributed by atoms with Gasteiger partial charge in [-0.25, -0.2) is 0 Å². The normalized spacial score (nSPS) is 15.4. The predicted octanol–water partition coefficient (Wildman–Crippen LogP) is 3.36. The number of benzene rings is 2. The van der Waals surface area contributed by atoms with Crippen molar-refractivity contribution in [3.05, 3.63) is 70.7 Å². The van der Waals surface area contributed by atoms with E-state index in [0.717, 1.165) is 12.5 Å². The maximum atomic E-state index is 12.2. The van der Waals surface area contributed by atoms with Crippen LogP contribution in [-0.4, -0.2) is 38.5 Å². The second-order valence-corrected chi connectivity index (χ2v) is 7.50. The van der Waals surface area contributed by atoms with Crippen LogP contribution in [0.3, 0.4) is 0 Å². The molecule has 0 unspecified atom stereocenters. The molecule has 3 N–H and O–H groups in total. The molecule has 1 saturated carbocycles. The number of carbonyl (C=O) groups excluding carboxylic acids is 1. The highest BCUT2D eigenvalue weighted by Crippen LogP contribution is 2.43. The van der Waals surface area contributed by atoms with Crippen LogP contribution in [0.1, 0.15) is 35.2 Å². The van der Waals surface area contributed by atoms with Gasteiger partial charge in [-0.1, -0.05) is 60.5 Å². The number of hydrogen-bond acceptors (Lipinski definition) is 2. The Balaban J connectivity index is 1.44. The topological polar surface area (TPSA) is 65.5 Å². The molecule has 0 radical (unpaired) electrons. The molecule has 0 saturated heterocycles. The Bertz CT molecular complexity index is 818. The summed E-state index contributed by atoms with van der Waals surface area (Å²) in [7, 11) is 1.76. The van der Waals surface area contributed by atoms with Gasteiger partial charge in [0.15, 0.2) is 5.96 Å². The smallest absolute Gasteiger partial charge is 0.252 e. The summed E-state index contributed by atoms with van der Waals surface area (Å²) in [6.07, 6.45) is 3.64. The van der Waals surface area contributed by atoms with Gasteiger partial charge in [-0.15, -0.1) is 0 Å². The summed E-state index contributed by atoms with van der Waals surface area (Å²) in [6, 6.07) is 17.7. The Labute approximate surface area is 171 Å². The van der Waals surface area contributed by atoms with E-state index in [0.29, 0.717) is 23.7 Å². The number of nitrogens with one attached hydrogen (secondary N) is 3. The fourth-order valence-corrected chi connectivity index (χ4v) is 3.76. The number of guanidine groups is 1. The molecule has 5 nitrogen and oxygen atoms in total. The van der Waals surface area contributed by atoms with E-state index in [-0.39, 0.29) is 11.3 Å². The van der Waals surface area contributed by atoms with Crippen molar-refractivity contribution in [1.82, 2.24) is 16.0 Å². The van der Waals surface area contributed by atoms with Gasteiger partial charge in [0.25, 0.3) is 5.91 Å². The van der Waals surface area contributed by atoms with Crippen LogP contribution in [0.2, 0.25) is 5.02 Å². The van der Waals surface area contributed by atoms with Gasteiger partial charge in [-0.2, -0.15) is 0 Å². The molecule has 2 aromatic carbocycles. The molecule has 6 heteroatoms. The number of halogens is 1. The van der Waals surface area contributed by atoms with Crippen molar-refractivity contribution < 1.29 is 4.79 Å². The Hall–Kier alpha value is -2.53. The second kappa shape index (κ2) is 9.60. The van der Waals surface area contributed by atoms with Gasteiger partial charge in [0.2, 0.25) is 0 Å². The van der Waals surface area contributed by atoms with Gasteiger partial charge in [-0.3, -0.25) is 9.79 Å². The van der Waals surface area contributed by atoms with Crippen molar-refractivity contribution in [3.8, 4) is 0 Å². The minimum absolute atomic E-state index is 0.173. The van der Waals surface area contributed by atoms with E-state index in [4.69, 9.17) is 11.6 Å². The summed E-state index contributed by atoms with van der Waals surface area (Å²) < 4.78 is 0. The van der Waals surface area contributed by atoms with E-state index in [1.54, 1.807) is 31.3 Å². The Morgan fingerprint density at radius 2 is 1.68 bits per heavy atom. The molecule has 1 aliphatic rings. The zero-order chi connectivity index (χ0) is 19.8. The highest BCUT2D eigenvalue weighted by atomic mass is 35.5. The molecule has 0 atom stereocenters. The Kier molecular flexibility index (Phi) is 6.93. The van der Waals surface area contributed by atoms with E-state index < -0.39 is 0 Å². The van der Waals surface area contributed by atoms with Gasteiger partial charge in [0, 0.05) is 32.1 Å². The van der Waals surface area contributed by atoms with Gasteiger partial charge in [-0.05, 0) is 30.5 Å². The first-order chi connectivity index (χ1) is 13.6. The summed E-state index contributed by atoms with van der Waals surface area (Å²) in [6.45, 7) is 1.91. The lowest BCUT2D eigenvalue weighted by Crippen LogP contribution is -2.49. The first-order valence-electron chi connectivity index (χ1n) is 9.67. The summed E-state index contributed by atoms with van der Waals surface area (Å²) in [4.78, 5) is 16.5. The van der Waals surface area contributed by atoms with Crippen molar-refractivity contribution in [2.24, 2.45) is 4.99 Å². The van der Waals surface area contributed by atoms with Crippen molar-refractivity contribution in [3.63, 3.8) is 0 Å². The lowest BCUT2D eigenvalue weighted by atomic mass is 9.64. The molecule has 148 valence electrons. The van der Waals surface area contributed by atoms with E-state index >= 15 is 0 Å². The van der Waals surface area contributed by atoms with Crippen molar-refractivity contribution in [2.45, 2.75) is 24.7 Å².